The maximum atomic E-state index is 13.7. The first-order chi connectivity index (χ1) is 14.3. The van der Waals surface area contributed by atoms with Gasteiger partial charge in [-0.2, -0.15) is 0 Å². The van der Waals surface area contributed by atoms with Crippen LogP contribution in [0.1, 0.15) is 52.5 Å². The predicted molar refractivity (Wildman–Crippen MR) is 120 cm³/mol. The number of methoxy groups -OCH3 is 1. The number of nitrogens with one attached hydrogen (secondary N) is 1. The predicted octanol–water partition coefficient (Wildman–Crippen LogP) is 4.22. The number of carbonyl (C=O) groups is 1. The van der Waals surface area contributed by atoms with Gasteiger partial charge in [0.05, 0.1) is 13.7 Å². The molecule has 1 aromatic rings. The summed E-state index contributed by atoms with van der Waals surface area (Å²) in [7, 11) is 1.63. The number of nitrogens with zero attached hydrogens (tertiary/aromatic N) is 2. The van der Waals surface area contributed by atoms with E-state index in [0.717, 1.165) is 41.7 Å². The lowest BCUT2D eigenvalue weighted by Gasteiger charge is -2.29. The Labute approximate surface area is 179 Å². The van der Waals surface area contributed by atoms with Crippen LogP contribution in [0.3, 0.4) is 0 Å². The Kier molecular flexibility index (Phi) is 6.54. The van der Waals surface area contributed by atoms with Crippen LogP contribution < -0.4 is 14.8 Å². The standard InChI is InChI=1S/C24H33N3O3/c1-16(2)20(17(3)22(25-5)26-24(4)11-12-24)23(28)27-13-8-14-30-21-18(15-27)9-7-10-19(21)29-6/h7,9-10,26H,5,8,11-15H2,1-4,6H3/b22-17-. The summed E-state index contributed by atoms with van der Waals surface area (Å²) in [5, 5.41) is 3.47. The first kappa shape index (κ1) is 21.9. The van der Waals surface area contributed by atoms with E-state index in [2.05, 4.69) is 24.0 Å². The highest BCUT2D eigenvalue weighted by molar-refractivity contribution is 5.98. The zero-order chi connectivity index (χ0) is 21.9. The second kappa shape index (κ2) is 8.94. The summed E-state index contributed by atoms with van der Waals surface area (Å²) in [6.07, 6.45) is 2.95. The van der Waals surface area contributed by atoms with Gasteiger partial charge >= 0.3 is 0 Å². The Balaban J connectivity index is 1.93. The molecule has 162 valence electrons. The summed E-state index contributed by atoms with van der Waals surface area (Å²) in [6, 6.07) is 5.80. The van der Waals surface area contributed by atoms with Gasteiger partial charge in [0, 0.05) is 35.3 Å². The zero-order valence-electron chi connectivity index (χ0n) is 18.8. The third kappa shape index (κ3) is 4.69. The molecule has 0 atom stereocenters. The van der Waals surface area contributed by atoms with Gasteiger partial charge < -0.3 is 19.7 Å². The quantitative estimate of drug-likeness (QED) is 0.433. The number of para-hydroxylation sites is 1. The van der Waals surface area contributed by atoms with E-state index in [4.69, 9.17) is 9.47 Å². The lowest BCUT2D eigenvalue weighted by atomic mass is 10.00. The minimum Gasteiger partial charge on any atom is -0.493 e. The third-order valence-electron chi connectivity index (χ3n) is 5.77. The van der Waals surface area contributed by atoms with Crippen molar-refractivity contribution in [1.29, 1.82) is 0 Å². The average Bonchev–Trinajstić information content (AvgIpc) is 3.43. The molecule has 0 aromatic heterocycles. The number of carbonyl (C=O) groups excluding carboxylic acids is 1. The summed E-state index contributed by atoms with van der Waals surface area (Å²) in [5.41, 5.74) is 3.50. The van der Waals surface area contributed by atoms with Crippen LogP contribution in [0.4, 0.5) is 0 Å². The number of ether oxygens (including phenoxy) is 2. The van der Waals surface area contributed by atoms with Gasteiger partial charge in [0.15, 0.2) is 11.5 Å². The molecule has 1 saturated carbocycles. The van der Waals surface area contributed by atoms with Gasteiger partial charge in [0.2, 0.25) is 0 Å². The van der Waals surface area contributed by atoms with Crippen molar-refractivity contribution in [2.24, 2.45) is 4.99 Å². The summed E-state index contributed by atoms with van der Waals surface area (Å²) in [4.78, 5) is 19.8. The van der Waals surface area contributed by atoms with Crippen molar-refractivity contribution >= 4 is 12.6 Å². The number of rotatable bonds is 6. The SMILES string of the molecule is C=N/C(NC1(C)CC1)=C(\C)C(C(=O)N1CCCOc2c(cccc2OC)C1)=C(C)C. The van der Waals surface area contributed by atoms with Crippen molar-refractivity contribution in [1.82, 2.24) is 10.2 Å². The monoisotopic (exact) mass is 411 g/mol. The van der Waals surface area contributed by atoms with E-state index in [-0.39, 0.29) is 11.4 Å². The smallest absolute Gasteiger partial charge is 0.254 e. The second-order valence-electron chi connectivity index (χ2n) is 8.57. The molecule has 30 heavy (non-hydrogen) atoms. The molecule has 3 rings (SSSR count). The lowest BCUT2D eigenvalue weighted by Crippen LogP contribution is -2.36. The van der Waals surface area contributed by atoms with Gasteiger partial charge in [0.1, 0.15) is 5.82 Å². The summed E-state index contributed by atoms with van der Waals surface area (Å²) >= 11 is 0. The fraction of sp³-hybridized carbons (Fsp3) is 0.500. The lowest BCUT2D eigenvalue weighted by molar-refractivity contribution is -0.127. The highest BCUT2D eigenvalue weighted by atomic mass is 16.5. The number of benzene rings is 1. The highest BCUT2D eigenvalue weighted by Crippen LogP contribution is 2.37. The van der Waals surface area contributed by atoms with E-state index in [1.807, 2.05) is 43.9 Å². The van der Waals surface area contributed by atoms with Gasteiger partial charge in [-0.1, -0.05) is 17.7 Å². The second-order valence-corrected chi connectivity index (χ2v) is 8.57. The van der Waals surface area contributed by atoms with E-state index in [1.54, 1.807) is 7.11 Å². The van der Waals surface area contributed by atoms with Crippen LogP contribution in [0.15, 0.2) is 45.7 Å². The summed E-state index contributed by atoms with van der Waals surface area (Å²) < 4.78 is 11.4. The molecule has 0 radical (unpaired) electrons. The molecule has 1 N–H and O–H groups in total. The molecule has 1 fully saturated rings. The van der Waals surface area contributed by atoms with Crippen LogP contribution in [-0.2, 0) is 11.3 Å². The van der Waals surface area contributed by atoms with Crippen molar-refractivity contribution < 1.29 is 14.3 Å². The number of aliphatic imine (C=N–C) groups is 1. The molecule has 0 unspecified atom stereocenters. The Bertz CT molecular complexity index is 893. The Hall–Kier alpha value is -2.76. The highest BCUT2D eigenvalue weighted by Gasteiger charge is 2.38. The number of amides is 1. The minimum absolute atomic E-state index is 0.00655. The van der Waals surface area contributed by atoms with E-state index < -0.39 is 0 Å². The van der Waals surface area contributed by atoms with E-state index in [9.17, 15) is 4.79 Å². The van der Waals surface area contributed by atoms with Crippen LogP contribution in [-0.4, -0.2) is 43.3 Å². The van der Waals surface area contributed by atoms with E-state index in [1.165, 1.54) is 0 Å². The molecule has 0 spiro atoms. The van der Waals surface area contributed by atoms with E-state index >= 15 is 0 Å². The van der Waals surface area contributed by atoms with Gasteiger partial charge in [-0.05, 0) is 59.7 Å². The molecular weight excluding hydrogens is 378 g/mol. The van der Waals surface area contributed by atoms with Crippen LogP contribution in [0, 0.1) is 0 Å². The number of hydrogen-bond donors (Lipinski definition) is 1. The molecule has 1 aliphatic carbocycles. The van der Waals surface area contributed by atoms with Gasteiger partial charge in [-0.3, -0.25) is 4.79 Å². The fourth-order valence-electron chi connectivity index (χ4n) is 3.77. The van der Waals surface area contributed by atoms with Crippen LogP contribution in [0.2, 0.25) is 0 Å². The topological polar surface area (TPSA) is 63.2 Å². The Morgan fingerprint density at radius 3 is 2.63 bits per heavy atom. The molecule has 0 saturated heterocycles. The number of hydrogen-bond acceptors (Lipinski definition) is 5. The van der Waals surface area contributed by atoms with E-state index in [0.29, 0.717) is 36.8 Å². The number of allylic oxidation sites excluding steroid dienone is 1. The maximum Gasteiger partial charge on any atom is 0.254 e. The fourth-order valence-corrected chi connectivity index (χ4v) is 3.77. The molecule has 1 amide bonds. The zero-order valence-corrected chi connectivity index (χ0v) is 18.8. The largest absolute Gasteiger partial charge is 0.493 e. The van der Waals surface area contributed by atoms with Crippen molar-refractivity contribution in [3.05, 3.63) is 46.3 Å². The van der Waals surface area contributed by atoms with Crippen LogP contribution >= 0.6 is 0 Å². The molecule has 1 heterocycles. The number of fused-ring (bicyclic) bond motifs is 1. The van der Waals surface area contributed by atoms with Crippen LogP contribution in [0.25, 0.3) is 0 Å². The van der Waals surface area contributed by atoms with Gasteiger partial charge in [0.25, 0.3) is 5.91 Å². The molecule has 1 aromatic carbocycles. The Morgan fingerprint density at radius 2 is 2.03 bits per heavy atom. The van der Waals surface area contributed by atoms with Crippen molar-refractivity contribution in [2.45, 2.75) is 59.0 Å². The van der Waals surface area contributed by atoms with Crippen molar-refractivity contribution in [3.8, 4) is 11.5 Å². The molecular formula is C24H33N3O3. The van der Waals surface area contributed by atoms with Crippen LogP contribution in [0.5, 0.6) is 11.5 Å². The molecule has 1 aliphatic heterocycles. The third-order valence-corrected chi connectivity index (χ3v) is 5.77. The first-order valence-corrected chi connectivity index (χ1v) is 10.5. The first-order valence-electron chi connectivity index (χ1n) is 10.5. The molecule has 6 nitrogen and oxygen atoms in total. The Morgan fingerprint density at radius 1 is 1.30 bits per heavy atom. The summed E-state index contributed by atoms with van der Waals surface area (Å²) in [5.74, 6) is 2.12. The van der Waals surface area contributed by atoms with Crippen molar-refractivity contribution in [3.63, 3.8) is 0 Å². The van der Waals surface area contributed by atoms with Gasteiger partial charge in [-0.25, -0.2) is 4.99 Å². The van der Waals surface area contributed by atoms with Gasteiger partial charge in [-0.15, -0.1) is 0 Å². The normalized spacial score (nSPS) is 18.0. The summed E-state index contributed by atoms with van der Waals surface area (Å²) in [6.45, 7) is 13.4. The minimum atomic E-state index is 0.00655. The molecule has 0 bridgehead atoms. The molecule has 2 aliphatic rings. The average molecular weight is 412 g/mol. The molecule has 6 heteroatoms. The maximum absolute atomic E-state index is 13.7. The van der Waals surface area contributed by atoms with Crippen molar-refractivity contribution in [2.75, 3.05) is 20.3 Å².